The fourth-order valence-corrected chi connectivity index (χ4v) is 2.73. The molecule has 0 amide bonds. The molecular weight excluding hydrogens is 254 g/mol. The van der Waals surface area contributed by atoms with Crippen LogP contribution in [0.1, 0.15) is 38.1 Å². The molecule has 1 fully saturated rings. The molecule has 2 heterocycles. The second-order valence-electron chi connectivity index (χ2n) is 5.33. The van der Waals surface area contributed by atoms with Gasteiger partial charge in [-0.2, -0.15) is 5.10 Å². The fraction of sp³-hybridized carbons (Fsp3) is 0.786. The molecule has 1 aliphatic heterocycles. The van der Waals surface area contributed by atoms with Crippen molar-refractivity contribution >= 4 is 5.95 Å². The molecule has 0 radical (unpaired) electrons. The summed E-state index contributed by atoms with van der Waals surface area (Å²) in [5, 5.41) is 15.3. The van der Waals surface area contributed by atoms with E-state index < -0.39 is 0 Å². The number of hydrogen-bond donors (Lipinski definition) is 2. The first kappa shape index (κ1) is 15.1. The largest absolute Gasteiger partial charge is 0.383 e. The number of methoxy groups -OCH3 is 1. The van der Waals surface area contributed by atoms with Crippen LogP contribution < -0.4 is 10.6 Å². The summed E-state index contributed by atoms with van der Waals surface area (Å²) in [6, 6.07) is 0. The van der Waals surface area contributed by atoms with E-state index in [1.165, 1.54) is 6.42 Å². The Balaban J connectivity index is 2.02. The molecule has 1 atom stereocenters. The summed E-state index contributed by atoms with van der Waals surface area (Å²) < 4.78 is 5.34. The molecule has 6 nitrogen and oxygen atoms in total. The van der Waals surface area contributed by atoms with Crippen LogP contribution >= 0.6 is 0 Å². The summed E-state index contributed by atoms with van der Waals surface area (Å²) >= 11 is 0. The zero-order chi connectivity index (χ0) is 14.4. The molecule has 1 unspecified atom stereocenters. The molecule has 1 saturated heterocycles. The third-order valence-corrected chi connectivity index (χ3v) is 3.85. The van der Waals surface area contributed by atoms with Crippen molar-refractivity contribution in [1.82, 2.24) is 20.5 Å². The zero-order valence-electron chi connectivity index (χ0n) is 12.7. The maximum Gasteiger partial charge on any atom is 0.243 e. The van der Waals surface area contributed by atoms with E-state index in [1.807, 2.05) is 0 Å². The van der Waals surface area contributed by atoms with Crippen molar-refractivity contribution < 1.29 is 4.74 Å². The van der Waals surface area contributed by atoms with Gasteiger partial charge in [0.2, 0.25) is 5.95 Å². The lowest BCUT2D eigenvalue weighted by Crippen LogP contribution is -2.49. The summed E-state index contributed by atoms with van der Waals surface area (Å²) in [6.07, 6.45) is 4.04. The van der Waals surface area contributed by atoms with Gasteiger partial charge in [0.05, 0.1) is 23.5 Å². The van der Waals surface area contributed by atoms with Gasteiger partial charge >= 0.3 is 0 Å². The second kappa shape index (κ2) is 6.95. The van der Waals surface area contributed by atoms with Crippen molar-refractivity contribution in [2.45, 2.75) is 45.1 Å². The van der Waals surface area contributed by atoms with Gasteiger partial charge in [-0.15, -0.1) is 5.10 Å². The van der Waals surface area contributed by atoms with Gasteiger partial charge in [-0.3, -0.25) is 0 Å². The van der Waals surface area contributed by atoms with E-state index in [4.69, 9.17) is 4.74 Å². The Kier molecular flexibility index (Phi) is 5.25. The van der Waals surface area contributed by atoms with Crippen molar-refractivity contribution in [1.29, 1.82) is 0 Å². The van der Waals surface area contributed by atoms with E-state index >= 15 is 0 Å². The molecule has 0 spiro atoms. The number of rotatable bonds is 7. The molecule has 6 heteroatoms. The summed E-state index contributed by atoms with van der Waals surface area (Å²) in [6.45, 7) is 6.67. The van der Waals surface area contributed by atoms with Crippen LogP contribution in [0.2, 0.25) is 0 Å². The van der Waals surface area contributed by atoms with Crippen LogP contribution in [0.4, 0.5) is 5.95 Å². The van der Waals surface area contributed by atoms with E-state index in [0.717, 1.165) is 43.7 Å². The monoisotopic (exact) mass is 279 g/mol. The summed E-state index contributed by atoms with van der Waals surface area (Å²) in [5.41, 5.74) is 2.02. The zero-order valence-corrected chi connectivity index (χ0v) is 12.7. The van der Waals surface area contributed by atoms with Gasteiger partial charge in [-0.05, 0) is 32.2 Å². The lowest BCUT2D eigenvalue weighted by Gasteiger charge is -2.28. The molecular formula is C14H25N5O. The molecule has 1 aromatic rings. The molecule has 1 aromatic heterocycles. The first-order valence-corrected chi connectivity index (χ1v) is 7.43. The summed E-state index contributed by atoms with van der Waals surface area (Å²) in [4.78, 5) is 4.56. The Morgan fingerprint density at radius 2 is 2.05 bits per heavy atom. The standard InChI is InChI=1S/C14H25N5O/c1-4-11-12(5-2)18-19-13(17-11)15-9-14(10-20-3)7-6-8-16-14/h16H,4-10H2,1-3H3,(H,15,17,19). The number of aryl methyl sites for hydroxylation is 2. The summed E-state index contributed by atoms with van der Waals surface area (Å²) in [5.74, 6) is 0.614. The topological polar surface area (TPSA) is 72.0 Å². The minimum Gasteiger partial charge on any atom is -0.383 e. The van der Waals surface area contributed by atoms with Crippen molar-refractivity contribution in [2.75, 3.05) is 32.1 Å². The first-order chi connectivity index (χ1) is 9.73. The Labute approximate surface area is 120 Å². The quantitative estimate of drug-likeness (QED) is 0.781. The Morgan fingerprint density at radius 1 is 1.25 bits per heavy atom. The molecule has 20 heavy (non-hydrogen) atoms. The van der Waals surface area contributed by atoms with E-state index in [-0.39, 0.29) is 5.54 Å². The van der Waals surface area contributed by atoms with Crippen LogP contribution in [0, 0.1) is 0 Å². The molecule has 0 saturated carbocycles. The van der Waals surface area contributed by atoms with Gasteiger partial charge in [0, 0.05) is 13.7 Å². The summed E-state index contributed by atoms with van der Waals surface area (Å²) in [7, 11) is 1.74. The number of hydrogen-bond acceptors (Lipinski definition) is 6. The second-order valence-corrected chi connectivity index (χ2v) is 5.33. The lowest BCUT2D eigenvalue weighted by molar-refractivity contribution is 0.127. The number of anilines is 1. The molecule has 2 N–H and O–H groups in total. The highest BCUT2D eigenvalue weighted by molar-refractivity contribution is 5.27. The van der Waals surface area contributed by atoms with Crippen molar-refractivity contribution in [2.24, 2.45) is 0 Å². The minimum atomic E-state index is -0.00604. The van der Waals surface area contributed by atoms with Gasteiger partial charge in [0.25, 0.3) is 0 Å². The highest BCUT2D eigenvalue weighted by atomic mass is 16.5. The Bertz CT molecular complexity index is 432. The SMILES string of the molecule is CCc1nnc(NCC2(COC)CCCN2)nc1CC. The molecule has 2 rings (SSSR count). The third kappa shape index (κ3) is 3.43. The third-order valence-electron chi connectivity index (χ3n) is 3.85. The van der Waals surface area contributed by atoms with Gasteiger partial charge in [-0.1, -0.05) is 13.8 Å². The lowest BCUT2D eigenvalue weighted by atomic mass is 9.99. The first-order valence-electron chi connectivity index (χ1n) is 7.43. The maximum absolute atomic E-state index is 5.34. The van der Waals surface area contributed by atoms with Crippen LogP contribution in [-0.2, 0) is 17.6 Å². The molecule has 1 aliphatic rings. The number of nitrogens with one attached hydrogen (secondary N) is 2. The predicted molar refractivity (Wildman–Crippen MR) is 78.9 cm³/mol. The Morgan fingerprint density at radius 3 is 2.65 bits per heavy atom. The van der Waals surface area contributed by atoms with Gasteiger partial charge in [0.1, 0.15) is 0 Å². The van der Waals surface area contributed by atoms with Crippen molar-refractivity contribution in [3.63, 3.8) is 0 Å². The highest BCUT2D eigenvalue weighted by Gasteiger charge is 2.33. The smallest absolute Gasteiger partial charge is 0.243 e. The number of nitrogens with zero attached hydrogens (tertiary/aromatic N) is 3. The minimum absolute atomic E-state index is 0.00604. The van der Waals surface area contributed by atoms with E-state index in [2.05, 4.69) is 39.7 Å². The van der Waals surface area contributed by atoms with Gasteiger partial charge in [-0.25, -0.2) is 4.98 Å². The maximum atomic E-state index is 5.34. The van der Waals surface area contributed by atoms with Gasteiger partial charge in [0.15, 0.2) is 0 Å². The average Bonchev–Trinajstić information content (AvgIpc) is 2.94. The highest BCUT2D eigenvalue weighted by Crippen LogP contribution is 2.20. The van der Waals surface area contributed by atoms with Crippen LogP contribution in [0.3, 0.4) is 0 Å². The van der Waals surface area contributed by atoms with Crippen LogP contribution in [0.5, 0.6) is 0 Å². The average molecular weight is 279 g/mol. The molecule has 112 valence electrons. The number of ether oxygens (including phenoxy) is 1. The van der Waals surface area contributed by atoms with E-state index in [0.29, 0.717) is 12.6 Å². The normalized spacial score (nSPS) is 22.1. The van der Waals surface area contributed by atoms with E-state index in [1.54, 1.807) is 7.11 Å². The van der Waals surface area contributed by atoms with Crippen molar-refractivity contribution in [3.8, 4) is 0 Å². The molecule has 0 aromatic carbocycles. The van der Waals surface area contributed by atoms with Gasteiger partial charge < -0.3 is 15.4 Å². The fourth-order valence-electron chi connectivity index (χ4n) is 2.73. The van der Waals surface area contributed by atoms with E-state index in [9.17, 15) is 0 Å². The van der Waals surface area contributed by atoms with Crippen LogP contribution in [-0.4, -0.2) is 47.5 Å². The molecule has 0 bridgehead atoms. The predicted octanol–water partition coefficient (Wildman–Crippen LogP) is 1.18. The van der Waals surface area contributed by atoms with Crippen LogP contribution in [0.25, 0.3) is 0 Å². The Hall–Kier alpha value is -1.27. The van der Waals surface area contributed by atoms with Crippen molar-refractivity contribution in [3.05, 3.63) is 11.4 Å². The van der Waals surface area contributed by atoms with Crippen LogP contribution in [0.15, 0.2) is 0 Å². The number of aromatic nitrogens is 3. The molecule has 0 aliphatic carbocycles.